The van der Waals surface area contributed by atoms with E-state index < -0.39 is 23.0 Å². The van der Waals surface area contributed by atoms with Crippen LogP contribution in [0.5, 0.6) is 0 Å². The van der Waals surface area contributed by atoms with Crippen LogP contribution in [0.15, 0.2) is 18.2 Å². The molecule has 1 fully saturated rings. The third-order valence-electron chi connectivity index (χ3n) is 2.93. The monoisotopic (exact) mass is 286 g/mol. The van der Waals surface area contributed by atoms with Crippen molar-refractivity contribution in [1.82, 2.24) is 4.90 Å². The number of carbonyl (C=O) groups excluding carboxylic acids is 1. The van der Waals surface area contributed by atoms with Crippen molar-refractivity contribution in [2.75, 3.05) is 13.1 Å². The molecule has 1 saturated heterocycles. The summed E-state index contributed by atoms with van der Waals surface area (Å²) in [6, 6.07) is 3.68. The van der Waals surface area contributed by atoms with E-state index in [1.165, 1.54) is 12.1 Å². The maximum absolute atomic E-state index is 12.2. The van der Waals surface area contributed by atoms with E-state index in [0.29, 0.717) is 0 Å². The average molecular weight is 287 g/mol. The van der Waals surface area contributed by atoms with E-state index in [1.807, 2.05) is 0 Å². The predicted octanol–water partition coefficient (Wildman–Crippen LogP) is 0.426. The summed E-state index contributed by atoms with van der Waals surface area (Å²) in [6.45, 7) is -0.132. The second-order valence-electron chi connectivity index (χ2n) is 4.26. The number of hydrogen-bond donors (Lipinski definition) is 2. The molecule has 0 saturated carbocycles. The molecule has 1 aromatic rings. The zero-order chi connectivity index (χ0) is 14.2. The van der Waals surface area contributed by atoms with Crippen LogP contribution in [0, 0.1) is 10.1 Å². The Morgan fingerprint density at radius 1 is 1.37 bits per heavy atom. The second kappa shape index (κ2) is 5.12. The average Bonchev–Trinajstić information content (AvgIpc) is 2.68. The van der Waals surface area contributed by atoms with Gasteiger partial charge in [0, 0.05) is 24.2 Å². The van der Waals surface area contributed by atoms with E-state index in [0.717, 1.165) is 11.0 Å². The van der Waals surface area contributed by atoms with E-state index in [2.05, 4.69) is 0 Å². The van der Waals surface area contributed by atoms with Crippen LogP contribution in [-0.2, 0) is 0 Å². The molecule has 8 heteroatoms. The molecule has 1 heterocycles. The van der Waals surface area contributed by atoms with Gasteiger partial charge >= 0.3 is 0 Å². The lowest BCUT2D eigenvalue weighted by molar-refractivity contribution is -0.385. The minimum atomic E-state index is -1.04. The first-order valence-electron chi connectivity index (χ1n) is 5.49. The normalized spacial score (nSPS) is 22.6. The number of nitro groups is 1. The van der Waals surface area contributed by atoms with Gasteiger partial charge in [-0.15, -0.1) is 0 Å². The van der Waals surface area contributed by atoms with Gasteiger partial charge in [-0.05, 0) is 12.1 Å². The first-order chi connectivity index (χ1) is 8.90. The molecule has 0 aliphatic carbocycles. The molecule has 1 aliphatic rings. The van der Waals surface area contributed by atoms with E-state index in [-0.39, 0.29) is 29.4 Å². The van der Waals surface area contributed by atoms with Gasteiger partial charge in [0.2, 0.25) is 0 Å². The first-order valence-corrected chi connectivity index (χ1v) is 5.87. The van der Waals surface area contributed by atoms with Crippen molar-refractivity contribution in [3.63, 3.8) is 0 Å². The standard InChI is InChI=1S/C11H11ClN2O5/c12-6-1-2-8(14(18)19)7(3-6)11(17)13-4-9(15)10(16)5-13/h1-3,9-10,15-16H,4-5H2/t9-,10+. The van der Waals surface area contributed by atoms with Crippen LogP contribution in [0.25, 0.3) is 0 Å². The highest BCUT2D eigenvalue weighted by molar-refractivity contribution is 6.31. The SMILES string of the molecule is O=C(c1cc(Cl)ccc1[N+](=O)[O-])N1C[C@@H](O)[C@@H](O)C1. The summed E-state index contributed by atoms with van der Waals surface area (Å²) in [5.41, 5.74) is -0.510. The topological polar surface area (TPSA) is 104 Å². The molecule has 2 atom stereocenters. The molecule has 0 radical (unpaired) electrons. The summed E-state index contributed by atoms with van der Waals surface area (Å²) < 4.78 is 0. The maximum atomic E-state index is 12.2. The Bertz CT molecular complexity index is 526. The zero-order valence-electron chi connectivity index (χ0n) is 9.69. The Balaban J connectivity index is 2.33. The fraction of sp³-hybridized carbons (Fsp3) is 0.364. The van der Waals surface area contributed by atoms with Crippen molar-refractivity contribution in [1.29, 1.82) is 0 Å². The summed E-state index contributed by atoms with van der Waals surface area (Å²) in [5.74, 6) is -0.634. The zero-order valence-corrected chi connectivity index (χ0v) is 10.4. The van der Waals surface area contributed by atoms with Crippen LogP contribution in [0.3, 0.4) is 0 Å². The van der Waals surface area contributed by atoms with Gasteiger partial charge in [-0.3, -0.25) is 14.9 Å². The van der Waals surface area contributed by atoms with E-state index in [9.17, 15) is 25.1 Å². The van der Waals surface area contributed by atoms with Crippen molar-refractivity contribution in [2.24, 2.45) is 0 Å². The van der Waals surface area contributed by atoms with Gasteiger partial charge in [-0.1, -0.05) is 11.6 Å². The van der Waals surface area contributed by atoms with Crippen molar-refractivity contribution < 1.29 is 19.9 Å². The quantitative estimate of drug-likeness (QED) is 0.606. The number of hydrogen-bond acceptors (Lipinski definition) is 5. The van der Waals surface area contributed by atoms with Crippen molar-refractivity contribution in [3.05, 3.63) is 38.9 Å². The molecule has 1 aromatic carbocycles. The lowest BCUT2D eigenvalue weighted by Gasteiger charge is -2.15. The van der Waals surface area contributed by atoms with Crippen LogP contribution in [0.4, 0.5) is 5.69 Å². The van der Waals surface area contributed by atoms with Crippen molar-refractivity contribution in [2.45, 2.75) is 12.2 Å². The third-order valence-corrected chi connectivity index (χ3v) is 3.17. The number of halogens is 1. The van der Waals surface area contributed by atoms with Crippen LogP contribution in [-0.4, -0.2) is 51.2 Å². The summed E-state index contributed by atoms with van der Waals surface area (Å²) in [5, 5.41) is 29.9. The second-order valence-corrected chi connectivity index (χ2v) is 4.70. The summed E-state index contributed by atoms with van der Waals surface area (Å²) in [6.07, 6.45) is -2.08. The van der Waals surface area contributed by atoms with Gasteiger partial charge in [0.1, 0.15) is 5.56 Å². The largest absolute Gasteiger partial charge is 0.388 e. The minimum Gasteiger partial charge on any atom is -0.388 e. The molecule has 0 aromatic heterocycles. The van der Waals surface area contributed by atoms with E-state index >= 15 is 0 Å². The van der Waals surface area contributed by atoms with Crippen molar-refractivity contribution in [3.8, 4) is 0 Å². The molecule has 0 unspecified atom stereocenters. The summed E-state index contributed by atoms with van der Waals surface area (Å²) >= 11 is 5.74. The highest BCUT2D eigenvalue weighted by atomic mass is 35.5. The maximum Gasteiger partial charge on any atom is 0.282 e. The van der Waals surface area contributed by atoms with Gasteiger partial charge < -0.3 is 15.1 Å². The smallest absolute Gasteiger partial charge is 0.282 e. The number of amides is 1. The Labute approximate surface area is 113 Å². The lowest BCUT2D eigenvalue weighted by atomic mass is 10.1. The molecular weight excluding hydrogens is 276 g/mol. The van der Waals surface area contributed by atoms with Crippen molar-refractivity contribution >= 4 is 23.2 Å². The molecule has 102 valence electrons. The Hall–Kier alpha value is -1.70. The number of β-amino-alcohol motifs (C(OH)–C–C–N with tert-alkyl or cyclic N) is 2. The first kappa shape index (κ1) is 13.7. The number of likely N-dealkylation sites (tertiary alicyclic amines) is 1. The molecule has 2 N–H and O–H groups in total. The highest BCUT2D eigenvalue weighted by Crippen LogP contribution is 2.25. The van der Waals surface area contributed by atoms with Crippen LogP contribution in [0.2, 0.25) is 5.02 Å². The molecule has 1 amide bonds. The van der Waals surface area contributed by atoms with E-state index in [1.54, 1.807) is 0 Å². The highest BCUT2D eigenvalue weighted by Gasteiger charge is 2.35. The minimum absolute atomic E-state index is 0.0658. The number of benzene rings is 1. The van der Waals surface area contributed by atoms with Gasteiger partial charge in [0.25, 0.3) is 11.6 Å². The number of nitro benzene ring substituents is 1. The fourth-order valence-electron chi connectivity index (χ4n) is 1.94. The van der Waals surface area contributed by atoms with Gasteiger partial charge in [-0.2, -0.15) is 0 Å². The van der Waals surface area contributed by atoms with Gasteiger partial charge in [0.15, 0.2) is 0 Å². The molecule has 0 bridgehead atoms. The molecule has 7 nitrogen and oxygen atoms in total. The fourth-order valence-corrected chi connectivity index (χ4v) is 2.12. The molecule has 2 rings (SSSR count). The summed E-state index contributed by atoms with van der Waals surface area (Å²) in [4.78, 5) is 23.5. The molecule has 0 spiro atoms. The molecule has 19 heavy (non-hydrogen) atoms. The summed E-state index contributed by atoms with van der Waals surface area (Å²) in [7, 11) is 0. The van der Waals surface area contributed by atoms with Crippen LogP contribution >= 0.6 is 11.6 Å². The molecular formula is C11H11ClN2O5. The van der Waals surface area contributed by atoms with Gasteiger partial charge in [-0.25, -0.2) is 0 Å². The lowest BCUT2D eigenvalue weighted by Crippen LogP contribution is -2.30. The number of aliphatic hydroxyl groups excluding tert-OH is 2. The van der Waals surface area contributed by atoms with Crippen LogP contribution in [0.1, 0.15) is 10.4 Å². The number of aliphatic hydroxyl groups is 2. The third kappa shape index (κ3) is 2.67. The predicted molar refractivity (Wildman–Crippen MR) is 66.0 cm³/mol. The Morgan fingerprint density at radius 2 is 1.95 bits per heavy atom. The Kier molecular flexibility index (Phi) is 3.70. The van der Waals surface area contributed by atoms with Gasteiger partial charge in [0.05, 0.1) is 17.1 Å². The number of rotatable bonds is 2. The van der Waals surface area contributed by atoms with E-state index in [4.69, 9.17) is 11.6 Å². The Morgan fingerprint density at radius 3 is 2.47 bits per heavy atom. The number of carbonyl (C=O) groups is 1. The molecule has 1 aliphatic heterocycles. The van der Waals surface area contributed by atoms with Crippen LogP contribution < -0.4 is 0 Å². The number of nitrogens with zero attached hydrogens (tertiary/aromatic N) is 2.